The third-order valence-corrected chi connectivity index (χ3v) is 1.59. The lowest BCUT2D eigenvalue weighted by Crippen LogP contribution is -2.07. The number of alkyl halides is 3. The highest BCUT2D eigenvalue weighted by molar-refractivity contribution is 5.70. The second-order valence-electron chi connectivity index (χ2n) is 2.79. The van der Waals surface area contributed by atoms with Gasteiger partial charge in [0.25, 0.3) is 0 Å². The second kappa shape index (κ2) is 4.66. The molecular weight excluding hydrogens is 223 g/mol. The zero-order chi connectivity index (χ0) is 12.2. The van der Waals surface area contributed by atoms with Crippen LogP contribution in [-0.4, -0.2) is 16.1 Å². The van der Waals surface area contributed by atoms with Crippen molar-refractivity contribution in [1.29, 1.82) is 0 Å². The molecule has 0 aromatic carbocycles. The van der Waals surface area contributed by atoms with Crippen LogP contribution >= 0.6 is 0 Å². The van der Waals surface area contributed by atoms with Gasteiger partial charge in [-0.05, 0) is 6.07 Å². The molecule has 0 saturated carbocycles. The molecule has 0 aliphatic heterocycles. The number of hydrogen-bond acceptors (Lipinski definition) is 2. The van der Waals surface area contributed by atoms with Crippen molar-refractivity contribution in [3.63, 3.8) is 0 Å². The SMILES string of the molecule is O=C(O)CC#Cc1cnccc1C(F)(F)F. The van der Waals surface area contributed by atoms with E-state index >= 15 is 0 Å². The van der Waals surface area contributed by atoms with E-state index in [-0.39, 0.29) is 5.56 Å². The van der Waals surface area contributed by atoms with Crippen LogP contribution in [0.4, 0.5) is 13.2 Å². The molecule has 1 aromatic rings. The molecule has 0 spiro atoms. The summed E-state index contributed by atoms with van der Waals surface area (Å²) < 4.78 is 37.3. The normalized spacial score (nSPS) is 10.4. The maximum atomic E-state index is 12.4. The number of carboxylic acid groups (broad SMARTS) is 1. The molecule has 1 rings (SSSR count). The predicted octanol–water partition coefficient (Wildman–Crippen LogP) is 1.93. The summed E-state index contributed by atoms with van der Waals surface area (Å²) in [5.41, 5.74) is -1.24. The number of halogens is 3. The lowest BCUT2D eigenvalue weighted by Gasteiger charge is -2.07. The first kappa shape index (κ1) is 12.0. The molecule has 16 heavy (non-hydrogen) atoms. The molecule has 3 nitrogen and oxygen atoms in total. The topological polar surface area (TPSA) is 50.2 Å². The molecule has 0 radical (unpaired) electrons. The summed E-state index contributed by atoms with van der Waals surface area (Å²) in [6.45, 7) is 0. The van der Waals surface area contributed by atoms with E-state index in [9.17, 15) is 18.0 Å². The van der Waals surface area contributed by atoms with Crippen LogP contribution in [0.5, 0.6) is 0 Å². The van der Waals surface area contributed by atoms with Crippen molar-refractivity contribution in [1.82, 2.24) is 4.98 Å². The smallest absolute Gasteiger partial charge is 0.417 e. The predicted molar refractivity (Wildman–Crippen MR) is 48.4 cm³/mol. The first-order chi connectivity index (χ1) is 7.41. The van der Waals surface area contributed by atoms with E-state index in [0.29, 0.717) is 0 Å². The first-order valence-electron chi connectivity index (χ1n) is 4.13. The fourth-order valence-corrected chi connectivity index (χ4v) is 0.956. The van der Waals surface area contributed by atoms with Crippen molar-refractivity contribution in [2.75, 3.05) is 0 Å². The van der Waals surface area contributed by atoms with Crippen LogP contribution in [-0.2, 0) is 11.0 Å². The molecule has 1 heterocycles. The number of rotatable bonds is 1. The van der Waals surface area contributed by atoms with E-state index < -0.39 is 24.1 Å². The highest BCUT2D eigenvalue weighted by Gasteiger charge is 2.32. The van der Waals surface area contributed by atoms with Gasteiger partial charge in [0.1, 0.15) is 6.42 Å². The summed E-state index contributed by atoms with van der Waals surface area (Å²) in [5.74, 6) is 3.07. The minimum absolute atomic E-state index is 0.323. The quantitative estimate of drug-likeness (QED) is 0.748. The average molecular weight is 229 g/mol. The Morgan fingerprint density at radius 2 is 2.19 bits per heavy atom. The molecule has 0 bridgehead atoms. The molecule has 0 aliphatic carbocycles. The van der Waals surface area contributed by atoms with Gasteiger partial charge in [-0.3, -0.25) is 9.78 Å². The Morgan fingerprint density at radius 1 is 1.50 bits per heavy atom. The van der Waals surface area contributed by atoms with Crippen molar-refractivity contribution in [3.05, 3.63) is 29.6 Å². The summed E-state index contributed by atoms with van der Waals surface area (Å²) >= 11 is 0. The highest BCUT2D eigenvalue weighted by atomic mass is 19.4. The van der Waals surface area contributed by atoms with Gasteiger partial charge >= 0.3 is 12.1 Å². The number of hydrogen-bond donors (Lipinski definition) is 1. The third-order valence-electron chi connectivity index (χ3n) is 1.59. The maximum absolute atomic E-state index is 12.4. The van der Waals surface area contributed by atoms with Gasteiger partial charge in [-0.15, -0.1) is 0 Å². The molecule has 0 atom stereocenters. The van der Waals surface area contributed by atoms with Gasteiger partial charge in [0, 0.05) is 12.4 Å². The molecule has 84 valence electrons. The zero-order valence-electron chi connectivity index (χ0n) is 7.88. The second-order valence-corrected chi connectivity index (χ2v) is 2.79. The van der Waals surface area contributed by atoms with Crippen LogP contribution in [0, 0.1) is 11.8 Å². The Balaban J connectivity index is 3.03. The minimum atomic E-state index is -4.52. The van der Waals surface area contributed by atoms with Crippen LogP contribution in [0.15, 0.2) is 18.5 Å². The zero-order valence-corrected chi connectivity index (χ0v) is 7.88. The van der Waals surface area contributed by atoms with Gasteiger partial charge in [-0.2, -0.15) is 13.2 Å². The number of aliphatic carboxylic acids is 1. The number of aromatic nitrogens is 1. The monoisotopic (exact) mass is 229 g/mol. The minimum Gasteiger partial charge on any atom is -0.481 e. The molecule has 0 saturated heterocycles. The number of pyridine rings is 1. The third kappa shape index (κ3) is 3.28. The molecule has 1 N–H and O–H groups in total. The summed E-state index contributed by atoms with van der Waals surface area (Å²) in [4.78, 5) is 13.6. The lowest BCUT2D eigenvalue weighted by molar-refractivity contribution is -0.138. The van der Waals surface area contributed by atoms with E-state index in [1.807, 2.05) is 0 Å². The fraction of sp³-hybridized carbons (Fsp3) is 0.200. The Bertz CT molecular complexity index is 457. The molecule has 0 aliphatic rings. The molecule has 0 unspecified atom stereocenters. The molecule has 6 heteroatoms. The van der Waals surface area contributed by atoms with Crippen LogP contribution in [0.1, 0.15) is 17.5 Å². The lowest BCUT2D eigenvalue weighted by atomic mass is 10.1. The number of carbonyl (C=O) groups is 1. The Morgan fingerprint density at radius 3 is 2.75 bits per heavy atom. The molecular formula is C10H6F3NO2. The number of carboxylic acids is 1. The largest absolute Gasteiger partial charge is 0.481 e. The molecule has 0 amide bonds. The van der Waals surface area contributed by atoms with E-state index in [1.54, 1.807) is 0 Å². The van der Waals surface area contributed by atoms with E-state index in [2.05, 4.69) is 16.8 Å². The average Bonchev–Trinajstić information content (AvgIpc) is 2.16. The van der Waals surface area contributed by atoms with Crippen molar-refractivity contribution < 1.29 is 23.1 Å². The van der Waals surface area contributed by atoms with Crippen LogP contribution in [0.25, 0.3) is 0 Å². The van der Waals surface area contributed by atoms with Crippen molar-refractivity contribution in [2.24, 2.45) is 0 Å². The van der Waals surface area contributed by atoms with E-state index in [1.165, 1.54) is 0 Å². The van der Waals surface area contributed by atoms with Gasteiger partial charge < -0.3 is 5.11 Å². The van der Waals surface area contributed by atoms with E-state index in [4.69, 9.17) is 5.11 Å². The van der Waals surface area contributed by atoms with Gasteiger partial charge in [0.15, 0.2) is 0 Å². The Hall–Kier alpha value is -2.03. The van der Waals surface area contributed by atoms with Crippen molar-refractivity contribution >= 4 is 5.97 Å². The molecule has 0 fully saturated rings. The van der Waals surface area contributed by atoms with Gasteiger partial charge in [-0.25, -0.2) is 0 Å². The van der Waals surface area contributed by atoms with E-state index in [0.717, 1.165) is 18.5 Å². The van der Waals surface area contributed by atoms with Crippen LogP contribution in [0.2, 0.25) is 0 Å². The van der Waals surface area contributed by atoms with Crippen LogP contribution < -0.4 is 0 Å². The molecule has 1 aromatic heterocycles. The summed E-state index contributed by atoms with van der Waals surface area (Å²) in [6, 6.07) is 0.796. The van der Waals surface area contributed by atoms with Crippen molar-refractivity contribution in [3.8, 4) is 11.8 Å². The van der Waals surface area contributed by atoms with Gasteiger partial charge in [-0.1, -0.05) is 11.8 Å². The summed E-state index contributed by atoms with van der Waals surface area (Å²) in [7, 11) is 0. The van der Waals surface area contributed by atoms with Crippen LogP contribution in [0.3, 0.4) is 0 Å². The summed E-state index contributed by atoms with van der Waals surface area (Å²) in [6.07, 6.45) is -3.06. The fourth-order valence-electron chi connectivity index (χ4n) is 0.956. The summed E-state index contributed by atoms with van der Waals surface area (Å²) in [5, 5.41) is 8.28. The first-order valence-corrected chi connectivity index (χ1v) is 4.13. The van der Waals surface area contributed by atoms with Crippen molar-refractivity contribution in [2.45, 2.75) is 12.6 Å². The van der Waals surface area contributed by atoms with Gasteiger partial charge in [0.05, 0.1) is 11.1 Å². The van der Waals surface area contributed by atoms with Gasteiger partial charge in [0.2, 0.25) is 0 Å². The highest BCUT2D eigenvalue weighted by Crippen LogP contribution is 2.30. The number of nitrogens with zero attached hydrogens (tertiary/aromatic N) is 1. The standard InChI is InChI=1S/C10H6F3NO2/c11-10(12,13)8-4-5-14-6-7(8)2-1-3-9(15)16/h4-6H,3H2,(H,15,16). The Kier molecular flexibility index (Phi) is 3.51. The Labute approximate surface area is 88.9 Å². The maximum Gasteiger partial charge on any atom is 0.417 e.